The van der Waals surface area contributed by atoms with Crippen LogP contribution in [0.1, 0.15) is 68.2 Å². The van der Waals surface area contributed by atoms with Gasteiger partial charge in [-0.2, -0.15) is 18.4 Å². The molecule has 0 aliphatic carbocycles. The highest BCUT2D eigenvalue weighted by Crippen LogP contribution is 2.34. The molecule has 2 saturated heterocycles. The quantitative estimate of drug-likeness (QED) is 0.405. The van der Waals surface area contributed by atoms with Crippen LogP contribution in [0.3, 0.4) is 0 Å². The largest absolute Gasteiger partial charge is 0.417 e. The number of amides is 1. The van der Waals surface area contributed by atoms with Crippen molar-refractivity contribution in [2.24, 2.45) is 5.92 Å². The average Bonchev–Trinajstić information content (AvgIpc) is 2.91. The number of anilines is 1. The molecule has 1 N–H and O–H groups in total. The third kappa shape index (κ3) is 8.72. The number of rotatable bonds is 8. The number of piperidine rings is 2. The molecule has 39 heavy (non-hydrogen) atoms. The molecule has 5 nitrogen and oxygen atoms in total. The molecular weight excluding hydrogens is 501 g/mol. The van der Waals surface area contributed by atoms with E-state index in [0.29, 0.717) is 38.0 Å². The molecule has 1 amide bonds. The van der Waals surface area contributed by atoms with Crippen LogP contribution in [0.2, 0.25) is 0 Å². The van der Waals surface area contributed by atoms with Crippen LogP contribution in [0.25, 0.3) is 0 Å². The van der Waals surface area contributed by atoms with Crippen molar-refractivity contribution in [3.63, 3.8) is 0 Å². The topological polar surface area (TPSA) is 59.4 Å². The minimum atomic E-state index is -4.57. The van der Waals surface area contributed by atoms with Crippen molar-refractivity contribution >= 4 is 11.6 Å². The van der Waals surface area contributed by atoms with Gasteiger partial charge in [-0.1, -0.05) is 37.3 Å². The number of likely N-dealkylation sites (tertiary alicyclic amines) is 2. The van der Waals surface area contributed by atoms with Crippen molar-refractivity contribution in [2.75, 3.05) is 38.0 Å². The monoisotopic (exact) mass is 542 g/mol. The molecule has 2 aliphatic rings. The summed E-state index contributed by atoms with van der Waals surface area (Å²) in [5.41, 5.74) is 1.76. The summed E-state index contributed by atoms with van der Waals surface area (Å²) in [6.07, 6.45) is 1.72. The number of nitrogens with zero attached hydrogens (tertiary/aromatic N) is 3. The van der Waals surface area contributed by atoms with E-state index in [-0.39, 0.29) is 24.9 Å². The number of nitriles is 1. The summed E-state index contributed by atoms with van der Waals surface area (Å²) < 4.78 is 39.7. The van der Waals surface area contributed by atoms with Crippen molar-refractivity contribution in [1.82, 2.24) is 9.80 Å². The second-order valence-electron chi connectivity index (χ2n) is 10.7. The minimum Gasteiger partial charge on any atom is -0.382 e. The van der Waals surface area contributed by atoms with E-state index in [1.165, 1.54) is 36.1 Å². The molecule has 2 aliphatic heterocycles. The Kier molecular flexibility index (Phi) is 10.8. The van der Waals surface area contributed by atoms with Gasteiger partial charge in [-0.05, 0) is 94.8 Å². The number of carbonyl (C=O) groups excluding carboxylic acids is 1. The van der Waals surface area contributed by atoms with Crippen molar-refractivity contribution in [3.05, 3.63) is 64.7 Å². The maximum absolute atomic E-state index is 13.2. The van der Waals surface area contributed by atoms with Gasteiger partial charge in [-0.15, -0.1) is 0 Å². The van der Waals surface area contributed by atoms with Gasteiger partial charge in [-0.25, -0.2) is 0 Å². The summed E-state index contributed by atoms with van der Waals surface area (Å²) in [6.45, 7) is 6.44. The fraction of sp³-hybridized carbons (Fsp3) is 0.548. The van der Waals surface area contributed by atoms with Crippen LogP contribution in [0, 0.1) is 24.2 Å². The summed E-state index contributed by atoms with van der Waals surface area (Å²) in [5.74, 6) is 0.894. The molecule has 0 spiro atoms. The zero-order chi connectivity index (χ0) is 27.1. The first-order valence-corrected chi connectivity index (χ1v) is 13.6. The van der Waals surface area contributed by atoms with E-state index in [1.54, 1.807) is 6.07 Å². The van der Waals surface area contributed by atoms with Crippen molar-refractivity contribution < 1.29 is 18.0 Å². The van der Waals surface area contributed by atoms with Gasteiger partial charge < -0.3 is 15.1 Å². The van der Waals surface area contributed by atoms with E-state index < -0.39 is 11.7 Å². The molecule has 0 bridgehead atoms. The average molecular weight is 543 g/mol. The van der Waals surface area contributed by atoms with E-state index in [2.05, 4.69) is 41.4 Å². The molecular formula is C31H41F3N4O. The number of halogens is 3. The number of carbonyl (C=O) groups is 1. The van der Waals surface area contributed by atoms with E-state index >= 15 is 0 Å². The van der Waals surface area contributed by atoms with Crippen LogP contribution in [0.15, 0.2) is 42.5 Å². The van der Waals surface area contributed by atoms with Gasteiger partial charge in [0.1, 0.15) is 0 Å². The number of alkyl halides is 3. The van der Waals surface area contributed by atoms with E-state index in [0.717, 1.165) is 44.5 Å². The van der Waals surface area contributed by atoms with E-state index in [9.17, 15) is 18.0 Å². The Hall–Kier alpha value is -3.05. The number of hydrogen-bond acceptors (Lipinski definition) is 4. The highest BCUT2D eigenvalue weighted by atomic mass is 19.4. The normalized spacial score (nSPS) is 17.4. The Morgan fingerprint density at radius 1 is 1.03 bits per heavy atom. The molecule has 2 aromatic carbocycles. The molecule has 2 aromatic rings. The van der Waals surface area contributed by atoms with E-state index in [1.807, 2.05) is 4.90 Å². The zero-order valence-corrected chi connectivity index (χ0v) is 22.1. The highest BCUT2D eigenvalue weighted by molar-refractivity contribution is 5.76. The van der Waals surface area contributed by atoms with Crippen molar-refractivity contribution in [1.29, 1.82) is 5.26 Å². The minimum absolute atomic E-state index is 0. The van der Waals surface area contributed by atoms with Crippen LogP contribution in [0.4, 0.5) is 18.9 Å². The second kappa shape index (κ2) is 13.8. The van der Waals surface area contributed by atoms with Crippen molar-refractivity contribution in [2.45, 2.75) is 71.5 Å². The Morgan fingerprint density at radius 2 is 1.69 bits per heavy atom. The van der Waals surface area contributed by atoms with Gasteiger partial charge in [0, 0.05) is 31.2 Å². The maximum atomic E-state index is 13.2. The summed E-state index contributed by atoms with van der Waals surface area (Å²) in [7, 11) is 0. The van der Waals surface area contributed by atoms with Gasteiger partial charge >= 0.3 is 6.18 Å². The van der Waals surface area contributed by atoms with Crippen LogP contribution < -0.4 is 5.32 Å². The van der Waals surface area contributed by atoms with Gasteiger partial charge in [0.15, 0.2) is 0 Å². The standard InChI is InChI=1S/C30H37F3N4O.CH4/c1-22-4-6-23(7-5-22)19-24-10-15-36(16-11-24)14-2-3-29(38)37-17-12-26(13-18-37)35-27-9-8-25(21-34)28(20-27)30(31,32)33;/h4-9,20,24,26,35H,2-3,10-19H2,1H3;1H4. The van der Waals surface area contributed by atoms with Gasteiger partial charge in [0.2, 0.25) is 5.91 Å². The predicted molar refractivity (Wildman–Crippen MR) is 149 cm³/mol. The molecule has 2 fully saturated rings. The Bertz CT molecular complexity index is 1110. The Balaban J connectivity index is 0.00000420. The highest BCUT2D eigenvalue weighted by Gasteiger charge is 2.34. The number of benzene rings is 2. The molecule has 2 heterocycles. The molecule has 0 atom stereocenters. The SMILES string of the molecule is C.Cc1ccc(CC2CCN(CCCC(=O)N3CCC(Nc4ccc(C#N)c(C(F)(F)F)c4)CC3)CC2)cc1. The number of hydrogen-bond donors (Lipinski definition) is 1. The van der Waals surface area contributed by atoms with Crippen LogP contribution >= 0.6 is 0 Å². The molecule has 0 unspecified atom stereocenters. The maximum Gasteiger partial charge on any atom is 0.417 e. The lowest BCUT2D eigenvalue weighted by molar-refractivity contribution is -0.137. The fourth-order valence-corrected chi connectivity index (χ4v) is 5.56. The first-order chi connectivity index (χ1) is 18.2. The molecule has 8 heteroatoms. The third-order valence-corrected chi connectivity index (χ3v) is 7.88. The second-order valence-corrected chi connectivity index (χ2v) is 10.7. The lowest BCUT2D eigenvalue weighted by atomic mass is 9.90. The lowest BCUT2D eigenvalue weighted by Gasteiger charge is -2.34. The fourth-order valence-electron chi connectivity index (χ4n) is 5.56. The van der Waals surface area contributed by atoms with Crippen LogP contribution in [0.5, 0.6) is 0 Å². The first-order valence-electron chi connectivity index (χ1n) is 13.6. The molecule has 0 saturated carbocycles. The van der Waals surface area contributed by atoms with Crippen molar-refractivity contribution in [3.8, 4) is 6.07 Å². The lowest BCUT2D eigenvalue weighted by Crippen LogP contribution is -2.42. The summed E-state index contributed by atoms with van der Waals surface area (Å²) in [6, 6.07) is 14.2. The molecule has 0 radical (unpaired) electrons. The summed E-state index contributed by atoms with van der Waals surface area (Å²) >= 11 is 0. The number of aryl methyl sites for hydroxylation is 1. The Morgan fingerprint density at radius 3 is 2.31 bits per heavy atom. The van der Waals surface area contributed by atoms with Gasteiger partial charge in [-0.3, -0.25) is 4.79 Å². The van der Waals surface area contributed by atoms with Gasteiger partial charge in [0.25, 0.3) is 0 Å². The summed E-state index contributed by atoms with van der Waals surface area (Å²) in [5, 5.41) is 12.1. The van der Waals surface area contributed by atoms with Crippen LogP contribution in [-0.4, -0.2) is 54.5 Å². The molecule has 0 aromatic heterocycles. The number of nitrogens with one attached hydrogen (secondary N) is 1. The van der Waals surface area contributed by atoms with Crippen LogP contribution in [-0.2, 0) is 17.4 Å². The third-order valence-electron chi connectivity index (χ3n) is 7.88. The summed E-state index contributed by atoms with van der Waals surface area (Å²) in [4.78, 5) is 17.1. The Labute approximate surface area is 231 Å². The predicted octanol–water partition coefficient (Wildman–Crippen LogP) is 6.66. The van der Waals surface area contributed by atoms with E-state index in [4.69, 9.17) is 5.26 Å². The molecule has 4 rings (SSSR count). The zero-order valence-electron chi connectivity index (χ0n) is 22.1. The smallest absolute Gasteiger partial charge is 0.382 e. The van der Waals surface area contributed by atoms with Gasteiger partial charge in [0.05, 0.1) is 17.2 Å². The first kappa shape index (κ1) is 30.5. The molecule has 212 valence electrons.